The van der Waals surface area contributed by atoms with E-state index in [0.717, 1.165) is 12.1 Å². The van der Waals surface area contributed by atoms with Crippen LogP contribution in [0.1, 0.15) is 23.2 Å². The fourth-order valence-corrected chi connectivity index (χ4v) is 1.55. The number of hydrogen-bond acceptors (Lipinski definition) is 5. The summed E-state index contributed by atoms with van der Waals surface area (Å²) in [5.74, 6) is -0.915. The summed E-state index contributed by atoms with van der Waals surface area (Å²) in [5, 5.41) is 19.2. The Morgan fingerprint density at radius 3 is 2.65 bits per heavy atom. The third-order valence-electron chi connectivity index (χ3n) is 2.20. The van der Waals surface area contributed by atoms with E-state index in [4.69, 9.17) is 21.4 Å². The molecule has 0 aliphatic heterocycles. The average molecular weight is 324 g/mol. The lowest BCUT2D eigenvalue weighted by atomic mass is 10.2. The van der Waals surface area contributed by atoms with Crippen molar-refractivity contribution in [2.45, 2.75) is 12.8 Å². The van der Waals surface area contributed by atoms with Crippen molar-refractivity contribution in [3.05, 3.63) is 32.8 Å². The van der Waals surface area contributed by atoms with Gasteiger partial charge in [0.25, 0.3) is 5.69 Å². The molecule has 0 atom stereocenters. The lowest BCUT2D eigenvalue weighted by Gasteiger charge is -2.08. The first-order chi connectivity index (χ1) is 8.95. The van der Waals surface area contributed by atoms with Crippen LogP contribution >= 0.6 is 24.0 Å². The van der Waals surface area contributed by atoms with Crippen LogP contribution in [0.15, 0.2) is 12.1 Å². The van der Waals surface area contributed by atoms with Crippen LogP contribution in [0.2, 0.25) is 5.02 Å². The number of nitro benzene ring substituents is 1. The summed E-state index contributed by atoms with van der Waals surface area (Å²) >= 11 is 5.80. The van der Waals surface area contributed by atoms with Gasteiger partial charge in [-0.05, 0) is 12.5 Å². The van der Waals surface area contributed by atoms with Crippen LogP contribution in [0.4, 0.5) is 5.69 Å². The summed E-state index contributed by atoms with van der Waals surface area (Å²) in [5.41, 5.74) is -0.555. The van der Waals surface area contributed by atoms with Gasteiger partial charge in [0, 0.05) is 6.42 Å². The van der Waals surface area contributed by atoms with Crippen molar-refractivity contribution in [1.29, 1.82) is 0 Å². The van der Waals surface area contributed by atoms with Crippen molar-refractivity contribution in [2.75, 3.05) is 6.61 Å². The molecule has 1 rings (SSSR count). The molecule has 20 heavy (non-hydrogen) atoms. The normalized spacial score (nSPS) is 9.45. The molecule has 0 spiro atoms. The number of aldehydes is 1. The Morgan fingerprint density at radius 2 is 2.15 bits per heavy atom. The Hall–Kier alpha value is -1.86. The number of carboxylic acid groups (broad SMARTS) is 1. The Bertz CT molecular complexity index is 520. The van der Waals surface area contributed by atoms with Crippen molar-refractivity contribution < 1.29 is 24.4 Å². The van der Waals surface area contributed by atoms with E-state index in [0.29, 0.717) is 6.29 Å². The van der Waals surface area contributed by atoms with E-state index in [1.54, 1.807) is 0 Å². The summed E-state index contributed by atoms with van der Waals surface area (Å²) in [6, 6.07) is 2.19. The average Bonchev–Trinajstić information content (AvgIpc) is 2.34. The lowest BCUT2D eigenvalue weighted by molar-refractivity contribution is -0.385. The van der Waals surface area contributed by atoms with Gasteiger partial charge in [0.1, 0.15) is 5.75 Å². The summed E-state index contributed by atoms with van der Waals surface area (Å²) in [7, 11) is 0. The molecule has 1 aromatic carbocycles. The molecule has 0 bridgehead atoms. The topological polar surface area (TPSA) is 107 Å². The Morgan fingerprint density at radius 1 is 1.50 bits per heavy atom. The second kappa shape index (κ2) is 8.34. The number of carbonyl (C=O) groups excluding carboxylic acids is 1. The molecule has 0 saturated heterocycles. The maximum atomic E-state index is 10.7. The molecule has 110 valence electrons. The standard InChI is InChI=1S/C11H10ClNO6.ClH/c12-8-4-7(6-14)9(13(17)18)5-10(8)19-3-1-2-11(15)16;/h4-6H,1-3H2,(H,15,16);1H. The van der Waals surface area contributed by atoms with Crippen molar-refractivity contribution in [1.82, 2.24) is 0 Å². The number of hydrogen-bond donors (Lipinski definition) is 1. The van der Waals surface area contributed by atoms with Gasteiger partial charge in [0.05, 0.1) is 28.2 Å². The first-order valence-corrected chi connectivity index (χ1v) is 5.61. The van der Waals surface area contributed by atoms with Crippen molar-refractivity contribution >= 4 is 42.0 Å². The van der Waals surface area contributed by atoms with Crippen LogP contribution in [0, 0.1) is 10.1 Å². The predicted molar refractivity (Wildman–Crippen MR) is 73.1 cm³/mol. The molecule has 0 saturated carbocycles. The Labute approximate surface area is 125 Å². The van der Waals surface area contributed by atoms with Crippen LogP contribution in [-0.2, 0) is 4.79 Å². The number of rotatable bonds is 7. The third kappa shape index (κ3) is 5.02. The van der Waals surface area contributed by atoms with E-state index in [1.807, 2.05) is 0 Å². The minimum absolute atomic E-state index is 0. The third-order valence-corrected chi connectivity index (χ3v) is 2.49. The van der Waals surface area contributed by atoms with Crippen LogP contribution in [0.3, 0.4) is 0 Å². The molecular weight excluding hydrogens is 313 g/mol. The SMILES string of the molecule is Cl.O=Cc1cc(Cl)c(OCCCC(=O)O)cc1[N+](=O)[O-]. The molecule has 0 unspecified atom stereocenters. The van der Waals surface area contributed by atoms with Gasteiger partial charge in [-0.3, -0.25) is 19.7 Å². The van der Waals surface area contributed by atoms with Crippen molar-refractivity contribution in [3.63, 3.8) is 0 Å². The highest BCUT2D eigenvalue weighted by Crippen LogP contribution is 2.31. The number of nitro groups is 1. The highest BCUT2D eigenvalue weighted by atomic mass is 35.5. The van der Waals surface area contributed by atoms with Gasteiger partial charge in [-0.15, -0.1) is 12.4 Å². The second-order valence-corrected chi connectivity index (χ2v) is 3.97. The van der Waals surface area contributed by atoms with Crippen molar-refractivity contribution in [3.8, 4) is 5.75 Å². The molecule has 7 nitrogen and oxygen atoms in total. The summed E-state index contributed by atoms with van der Waals surface area (Å²) < 4.78 is 5.16. The molecule has 0 aromatic heterocycles. The number of ether oxygens (including phenoxy) is 1. The smallest absolute Gasteiger partial charge is 0.303 e. The Kier molecular flexibility index (Phi) is 7.56. The number of nitrogens with zero attached hydrogens (tertiary/aromatic N) is 1. The van der Waals surface area contributed by atoms with Crippen LogP contribution < -0.4 is 4.74 Å². The molecule has 9 heteroatoms. The van der Waals surface area contributed by atoms with Crippen LogP contribution in [0.25, 0.3) is 0 Å². The predicted octanol–water partition coefficient (Wildman–Crippen LogP) is 2.73. The van der Waals surface area contributed by atoms with E-state index in [2.05, 4.69) is 0 Å². The largest absolute Gasteiger partial charge is 0.492 e. The van der Waals surface area contributed by atoms with Gasteiger partial charge in [0.2, 0.25) is 0 Å². The number of carbonyl (C=O) groups is 2. The van der Waals surface area contributed by atoms with E-state index >= 15 is 0 Å². The molecule has 0 aliphatic rings. The van der Waals surface area contributed by atoms with Gasteiger partial charge in [-0.1, -0.05) is 11.6 Å². The first kappa shape index (κ1) is 18.1. The maximum Gasteiger partial charge on any atom is 0.303 e. The minimum Gasteiger partial charge on any atom is -0.492 e. The van der Waals surface area contributed by atoms with E-state index < -0.39 is 16.6 Å². The van der Waals surface area contributed by atoms with Gasteiger partial charge < -0.3 is 9.84 Å². The van der Waals surface area contributed by atoms with Gasteiger partial charge in [-0.25, -0.2) is 0 Å². The monoisotopic (exact) mass is 323 g/mol. The molecule has 0 fully saturated rings. The number of halogens is 2. The molecule has 1 N–H and O–H groups in total. The second-order valence-electron chi connectivity index (χ2n) is 3.56. The fourth-order valence-electron chi connectivity index (χ4n) is 1.33. The first-order valence-electron chi connectivity index (χ1n) is 5.23. The highest BCUT2D eigenvalue weighted by molar-refractivity contribution is 6.32. The quantitative estimate of drug-likeness (QED) is 0.358. The lowest BCUT2D eigenvalue weighted by Crippen LogP contribution is -2.03. The van der Waals surface area contributed by atoms with E-state index in [-0.39, 0.29) is 48.2 Å². The zero-order valence-electron chi connectivity index (χ0n) is 10.1. The molecule has 1 aromatic rings. The molecule has 0 heterocycles. The summed E-state index contributed by atoms with van der Waals surface area (Å²) in [4.78, 5) is 31.0. The zero-order chi connectivity index (χ0) is 14.4. The highest BCUT2D eigenvalue weighted by Gasteiger charge is 2.18. The summed E-state index contributed by atoms with van der Waals surface area (Å²) in [6.45, 7) is 0.0591. The zero-order valence-corrected chi connectivity index (χ0v) is 11.6. The maximum absolute atomic E-state index is 10.7. The number of benzene rings is 1. The van der Waals surface area contributed by atoms with E-state index in [1.165, 1.54) is 0 Å². The van der Waals surface area contributed by atoms with Crippen molar-refractivity contribution in [2.24, 2.45) is 0 Å². The van der Waals surface area contributed by atoms with Gasteiger partial charge >= 0.3 is 5.97 Å². The summed E-state index contributed by atoms with van der Waals surface area (Å²) in [6.07, 6.45) is 0.499. The van der Waals surface area contributed by atoms with Crippen LogP contribution in [-0.4, -0.2) is 28.9 Å². The molecule has 0 radical (unpaired) electrons. The van der Waals surface area contributed by atoms with Gasteiger partial charge in [0.15, 0.2) is 6.29 Å². The Balaban J connectivity index is 0.00000361. The van der Waals surface area contributed by atoms with Gasteiger partial charge in [-0.2, -0.15) is 0 Å². The fraction of sp³-hybridized carbons (Fsp3) is 0.273. The molecule has 0 aliphatic carbocycles. The number of carboxylic acids is 1. The number of aliphatic carboxylic acids is 1. The molecular formula is C11H11Cl2NO6. The van der Waals surface area contributed by atoms with Crippen LogP contribution in [0.5, 0.6) is 5.75 Å². The molecule has 0 amide bonds. The minimum atomic E-state index is -0.961. The van der Waals surface area contributed by atoms with E-state index in [9.17, 15) is 19.7 Å².